The summed E-state index contributed by atoms with van der Waals surface area (Å²) >= 11 is 0. The summed E-state index contributed by atoms with van der Waals surface area (Å²) in [6, 6.07) is 0. The molecule has 0 aliphatic carbocycles. The van der Waals surface area contributed by atoms with E-state index in [-0.39, 0.29) is 16.6 Å². The maximum Gasteiger partial charge on any atom is 0.376 e. The van der Waals surface area contributed by atoms with Gasteiger partial charge in [0.25, 0.3) is 0 Å². The second-order valence-electron chi connectivity index (χ2n) is 8.56. The molecule has 0 saturated carbocycles. The van der Waals surface area contributed by atoms with Crippen LogP contribution in [0.3, 0.4) is 0 Å². The highest BCUT2D eigenvalue weighted by molar-refractivity contribution is 6.74. The van der Waals surface area contributed by atoms with Gasteiger partial charge < -0.3 is 19.4 Å². The molecule has 2 N–H and O–H groups in total. The van der Waals surface area contributed by atoms with Gasteiger partial charge in [-0.2, -0.15) is 0 Å². The van der Waals surface area contributed by atoms with Crippen molar-refractivity contribution in [3.05, 3.63) is 0 Å². The zero-order valence-electron chi connectivity index (χ0n) is 15.6. The second kappa shape index (κ2) is 7.35. The maximum absolute atomic E-state index is 10.3. The Labute approximate surface area is 138 Å². The molecule has 1 aliphatic heterocycles. The van der Waals surface area contributed by atoms with E-state index in [1.54, 1.807) is 0 Å². The third-order valence-electron chi connectivity index (χ3n) is 6.08. The SMILES string of the molecule is CB(O)N1CCC(CCO[Si](C)(C)C(C)(C)C)(C(C)O)CC1. The van der Waals surface area contributed by atoms with Crippen LogP contribution in [0.25, 0.3) is 0 Å². The molecule has 4 nitrogen and oxygen atoms in total. The van der Waals surface area contributed by atoms with Gasteiger partial charge in [0.2, 0.25) is 0 Å². The summed E-state index contributed by atoms with van der Waals surface area (Å²) < 4.78 is 6.31. The molecule has 130 valence electrons. The number of hydrogen-bond acceptors (Lipinski definition) is 4. The molecular formula is C16H36BNO3Si. The maximum atomic E-state index is 10.3. The highest BCUT2D eigenvalue weighted by atomic mass is 28.4. The molecule has 1 atom stereocenters. The van der Waals surface area contributed by atoms with E-state index in [4.69, 9.17) is 4.43 Å². The van der Waals surface area contributed by atoms with E-state index >= 15 is 0 Å². The Morgan fingerprint density at radius 3 is 2.14 bits per heavy atom. The molecule has 1 unspecified atom stereocenters. The lowest BCUT2D eigenvalue weighted by atomic mass is 9.69. The molecule has 1 rings (SSSR count). The van der Waals surface area contributed by atoms with Gasteiger partial charge in [0, 0.05) is 12.0 Å². The van der Waals surface area contributed by atoms with Crippen molar-refractivity contribution in [1.29, 1.82) is 0 Å². The Morgan fingerprint density at radius 1 is 1.27 bits per heavy atom. The van der Waals surface area contributed by atoms with Crippen LogP contribution in [0.5, 0.6) is 0 Å². The summed E-state index contributed by atoms with van der Waals surface area (Å²) in [6.45, 7) is 17.5. The highest BCUT2D eigenvalue weighted by Gasteiger charge is 2.41. The van der Waals surface area contributed by atoms with Gasteiger partial charge in [-0.05, 0) is 64.2 Å². The van der Waals surface area contributed by atoms with E-state index in [0.717, 1.165) is 39.0 Å². The Hall–Kier alpha value is 0.122. The zero-order valence-corrected chi connectivity index (χ0v) is 16.6. The first-order chi connectivity index (χ1) is 9.91. The fourth-order valence-corrected chi connectivity index (χ4v) is 3.99. The van der Waals surface area contributed by atoms with Crippen LogP contribution < -0.4 is 0 Å². The van der Waals surface area contributed by atoms with Crippen LogP contribution in [-0.2, 0) is 4.43 Å². The number of aliphatic hydroxyl groups excluding tert-OH is 1. The van der Waals surface area contributed by atoms with Crippen molar-refractivity contribution >= 4 is 15.4 Å². The van der Waals surface area contributed by atoms with Crippen LogP contribution in [0.2, 0.25) is 25.0 Å². The number of rotatable bonds is 6. The second-order valence-corrected chi connectivity index (χ2v) is 13.4. The molecule has 1 aliphatic rings. The van der Waals surface area contributed by atoms with Crippen LogP contribution in [0.15, 0.2) is 0 Å². The minimum Gasteiger partial charge on any atom is -0.437 e. The van der Waals surface area contributed by atoms with Crippen LogP contribution in [0.4, 0.5) is 0 Å². The first-order valence-electron chi connectivity index (χ1n) is 8.65. The summed E-state index contributed by atoms with van der Waals surface area (Å²) in [4.78, 5) is 2.08. The Kier molecular flexibility index (Phi) is 6.73. The summed E-state index contributed by atoms with van der Waals surface area (Å²) in [5, 5.41) is 20.2. The number of nitrogens with zero attached hydrogens (tertiary/aromatic N) is 1. The van der Waals surface area contributed by atoms with Gasteiger partial charge >= 0.3 is 7.05 Å². The van der Waals surface area contributed by atoms with Gasteiger partial charge in [-0.3, -0.25) is 0 Å². The van der Waals surface area contributed by atoms with E-state index in [0.29, 0.717) is 0 Å². The molecule has 0 amide bonds. The lowest BCUT2D eigenvalue weighted by Crippen LogP contribution is -2.50. The topological polar surface area (TPSA) is 52.9 Å². The monoisotopic (exact) mass is 329 g/mol. The molecular weight excluding hydrogens is 293 g/mol. The van der Waals surface area contributed by atoms with E-state index < -0.39 is 15.4 Å². The zero-order chi connectivity index (χ0) is 17.2. The quantitative estimate of drug-likeness (QED) is 0.736. The minimum absolute atomic E-state index is 0.0618. The fraction of sp³-hybridized carbons (Fsp3) is 1.00. The molecule has 0 aromatic carbocycles. The van der Waals surface area contributed by atoms with Crippen molar-refractivity contribution < 1.29 is 14.6 Å². The molecule has 1 fully saturated rings. The van der Waals surface area contributed by atoms with Gasteiger partial charge in [0.05, 0.1) is 6.10 Å². The number of piperidine rings is 1. The smallest absolute Gasteiger partial charge is 0.376 e. The van der Waals surface area contributed by atoms with Crippen LogP contribution in [0.1, 0.15) is 47.0 Å². The summed E-state index contributed by atoms with van der Waals surface area (Å²) in [7, 11) is -2.11. The van der Waals surface area contributed by atoms with Gasteiger partial charge in [-0.15, -0.1) is 0 Å². The van der Waals surface area contributed by atoms with Gasteiger partial charge in [-0.25, -0.2) is 0 Å². The molecule has 1 heterocycles. The molecule has 6 heteroatoms. The first-order valence-corrected chi connectivity index (χ1v) is 11.6. The van der Waals surface area contributed by atoms with Crippen molar-refractivity contribution in [2.45, 2.75) is 78.0 Å². The summed E-state index contributed by atoms with van der Waals surface area (Å²) in [6.07, 6.45) is 2.43. The van der Waals surface area contributed by atoms with Gasteiger partial charge in [-0.1, -0.05) is 20.8 Å². The standard InChI is InChI=1S/C16H36BNO3Si/c1-14(19)16(8-11-18(12-9-16)17(5)20)10-13-21-22(6,7)15(2,3)4/h14,19-20H,8-13H2,1-7H3. The fourth-order valence-electron chi connectivity index (χ4n) is 2.95. The normalized spacial score (nSPS) is 21.7. The van der Waals surface area contributed by atoms with Crippen molar-refractivity contribution in [3.63, 3.8) is 0 Å². The lowest BCUT2D eigenvalue weighted by Gasteiger charge is -2.45. The largest absolute Gasteiger partial charge is 0.437 e. The average Bonchev–Trinajstić information content (AvgIpc) is 2.37. The van der Waals surface area contributed by atoms with Crippen molar-refractivity contribution in [1.82, 2.24) is 4.81 Å². The summed E-state index contributed by atoms with van der Waals surface area (Å²) in [5.41, 5.74) is -0.0618. The van der Waals surface area contributed by atoms with Gasteiger partial charge in [0.1, 0.15) is 0 Å². The van der Waals surface area contributed by atoms with E-state index in [1.165, 1.54) is 0 Å². The third-order valence-corrected chi connectivity index (χ3v) is 10.6. The predicted molar refractivity (Wildman–Crippen MR) is 96.5 cm³/mol. The molecule has 0 aromatic heterocycles. The minimum atomic E-state index is -1.72. The predicted octanol–water partition coefficient (Wildman–Crippen LogP) is 2.97. The lowest BCUT2D eigenvalue weighted by molar-refractivity contribution is -0.0173. The Morgan fingerprint density at radius 2 is 1.77 bits per heavy atom. The first kappa shape index (κ1) is 20.2. The van der Waals surface area contributed by atoms with Crippen molar-refractivity contribution in [2.24, 2.45) is 5.41 Å². The average molecular weight is 329 g/mol. The molecule has 0 radical (unpaired) electrons. The third kappa shape index (κ3) is 4.81. The van der Waals surface area contributed by atoms with Crippen LogP contribution >= 0.6 is 0 Å². The van der Waals surface area contributed by atoms with E-state index in [2.05, 4.69) is 38.7 Å². The van der Waals surface area contributed by atoms with Crippen molar-refractivity contribution in [2.75, 3.05) is 19.7 Å². The van der Waals surface area contributed by atoms with Gasteiger partial charge in [0.15, 0.2) is 8.32 Å². The van der Waals surface area contributed by atoms with Crippen molar-refractivity contribution in [3.8, 4) is 0 Å². The highest BCUT2D eigenvalue weighted by Crippen LogP contribution is 2.41. The Bertz CT molecular complexity index is 348. The Balaban J connectivity index is 2.60. The van der Waals surface area contributed by atoms with E-state index in [1.807, 2.05) is 13.7 Å². The van der Waals surface area contributed by atoms with Crippen LogP contribution in [0, 0.1) is 5.41 Å². The molecule has 0 aromatic rings. The molecule has 1 saturated heterocycles. The molecule has 22 heavy (non-hydrogen) atoms. The van der Waals surface area contributed by atoms with Crippen LogP contribution in [-0.4, -0.2) is 56.1 Å². The number of hydrogen-bond donors (Lipinski definition) is 2. The summed E-state index contributed by atoms with van der Waals surface area (Å²) in [5.74, 6) is 0. The number of aliphatic hydroxyl groups is 1. The molecule has 0 spiro atoms. The molecule has 0 bridgehead atoms. The van der Waals surface area contributed by atoms with E-state index in [9.17, 15) is 10.1 Å².